The van der Waals surface area contributed by atoms with E-state index in [0.29, 0.717) is 18.8 Å². The maximum Gasteiger partial charge on any atom is 0.306 e. The van der Waals surface area contributed by atoms with E-state index in [4.69, 9.17) is 5.11 Å². The number of carboxylic acids is 1. The third kappa shape index (κ3) is 2.85. The summed E-state index contributed by atoms with van der Waals surface area (Å²) in [4.78, 5) is 11.1. The molecule has 2 atom stereocenters. The lowest BCUT2D eigenvalue weighted by Crippen LogP contribution is -2.25. The Morgan fingerprint density at radius 2 is 2.17 bits per heavy atom. The molecule has 0 aromatic rings. The number of hydrogen-bond donors (Lipinski definition) is 1. The van der Waals surface area contributed by atoms with Crippen molar-refractivity contribution < 1.29 is 9.90 Å². The molecule has 1 unspecified atom stereocenters. The van der Waals surface area contributed by atoms with Gasteiger partial charge in [0.2, 0.25) is 0 Å². The molecule has 0 saturated carbocycles. The smallest absolute Gasteiger partial charge is 0.306 e. The quantitative estimate of drug-likeness (QED) is 0.708. The molecule has 102 valence electrons. The molecular formula is C16H26O2. The summed E-state index contributed by atoms with van der Waals surface area (Å²) in [6, 6.07) is 0. The summed E-state index contributed by atoms with van der Waals surface area (Å²) in [5.74, 6) is -0.571. The van der Waals surface area contributed by atoms with E-state index in [9.17, 15) is 4.79 Å². The Labute approximate surface area is 111 Å². The molecule has 1 aliphatic rings. The number of allylic oxidation sites excluding steroid dienone is 3. The highest BCUT2D eigenvalue weighted by molar-refractivity contribution is 5.70. The summed E-state index contributed by atoms with van der Waals surface area (Å²) in [6.07, 6.45) is 5.70. The van der Waals surface area contributed by atoms with Crippen LogP contribution in [0.3, 0.4) is 0 Å². The van der Waals surface area contributed by atoms with Crippen LogP contribution in [0, 0.1) is 17.3 Å². The standard InChI is InChI=1S/C16H26O2/c1-6-12(15(17)18)10-11(3)14-9-8-13(7-2)16(14,4)5/h8,12,14H,3,6-7,9-10H2,1-2,4-5H3,(H,17,18)/t12?,14-/m1/s1. The Morgan fingerprint density at radius 1 is 1.56 bits per heavy atom. The monoisotopic (exact) mass is 250 g/mol. The second kappa shape index (κ2) is 5.73. The van der Waals surface area contributed by atoms with Crippen LogP contribution in [0.1, 0.15) is 53.4 Å². The van der Waals surface area contributed by atoms with Crippen molar-refractivity contribution in [2.24, 2.45) is 17.3 Å². The van der Waals surface area contributed by atoms with Crippen LogP contribution in [0.15, 0.2) is 23.8 Å². The Balaban J connectivity index is 2.73. The first-order valence-corrected chi connectivity index (χ1v) is 6.94. The maximum atomic E-state index is 11.1. The van der Waals surface area contributed by atoms with Crippen molar-refractivity contribution in [2.75, 3.05) is 0 Å². The molecule has 2 nitrogen and oxygen atoms in total. The lowest BCUT2D eigenvalue weighted by molar-refractivity contribution is -0.141. The summed E-state index contributed by atoms with van der Waals surface area (Å²) in [5.41, 5.74) is 2.73. The fraction of sp³-hybridized carbons (Fsp3) is 0.688. The van der Waals surface area contributed by atoms with Crippen molar-refractivity contribution in [3.05, 3.63) is 23.8 Å². The van der Waals surface area contributed by atoms with Crippen LogP contribution < -0.4 is 0 Å². The van der Waals surface area contributed by atoms with E-state index in [0.717, 1.165) is 18.4 Å². The van der Waals surface area contributed by atoms with Gasteiger partial charge >= 0.3 is 5.97 Å². The molecule has 0 heterocycles. The zero-order valence-electron chi connectivity index (χ0n) is 12.1. The first-order valence-electron chi connectivity index (χ1n) is 6.94. The van der Waals surface area contributed by atoms with Gasteiger partial charge in [0.05, 0.1) is 5.92 Å². The van der Waals surface area contributed by atoms with Crippen LogP contribution in [-0.2, 0) is 4.79 Å². The molecule has 0 fully saturated rings. The Morgan fingerprint density at radius 3 is 2.56 bits per heavy atom. The van der Waals surface area contributed by atoms with E-state index in [2.05, 4.69) is 33.4 Å². The lowest BCUT2D eigenvalue weighted by atomic mass is 9.71. The van der Waals surface area contributed by atoms with Crippen LogP contribution in [-0.4, -0.2) is 11.1 Å². The molecule has 0 aromatic carbocycles. The van der Waals surface area contributed by atoms with E-state index in [1.807, 2.05) is 6.92 Å². The fourth-order valence-electron chi connectivity index (χ4n) is 3.18. The molecule has 0 spiro atoms. The second-order valence-corrected chi connectivity index (χ2v) is 5.90. The van der Waals surface area contributed by atoms with Gasteiger partial charge in [0.25, 0.3) is 0 Å². The lowest BCUT2D eigenvalue weighted by Gasteiger charge is -2.33. The van der Waals surface area contributed by atoms with E-state index >= 15 is 0 Å². The molecular weight excluding hydrogens is 224 g/mol. The van der Waals surface area contributed by atoms with Gasteiger partial charge in [-0.25, -0.2) is 0 Å². The zero-order chi connectivity index (χ0) is 13.9. The van der Waals surface area contributed by atoms with Crippen LogP contribution >= 0.6 is 0 Å². The van der Waals surface area contributed by atoms with E-state index in [1.54, 1.807) is 0 Å². The van der Waals surface area contributed by atoms with Crippen molar-refractivity contribution in [1.82, 2.24) is 0 Å². The van der Waals surface area contributed by atoms with E-state index in [-0.39, 0.29) is 11.3 Å². The van der Waals surface area contributed by atoms with E-state index in [1.165, 1.54) is 5.57 Å². The topological polar surface area (TPSA) is 37.3 Å². The SMILES string of the molecule is C=C(CC(CC)C(=O)O)[C@H]1CC=C(CC)C1(C)C. The van der Waals surface area contributed by atoms with Crippen LogP contribution in [0.25, 0.3) is 0 Å². The van der Waals surface area contributed by atoms with Gasteiger partial charge in [0.15, 0.2) is 0 Å². The predicted molar refractivity (Wildman–Crippen MR) is 75.4 cm³/mol. The van der Waals surface area contributed by atoms with Crippen LogP contribution in [0.2, 0.25) is 0 Å². The largest absolute Gasteiger partial charge is 0.481 e. The summed E-state index contributed by atoms with van der Waals surface area (Å²) in [5, 5.41) is 9.14. The Bertz CT molecular complexity index is 363. The fourth-order valence-corrected chi connectivity index (χ4v) is 3.18. The summed E-state index contributed by atoms with van der Waals surface area (Å²) in [7, 11) is 0. The summed E-state index contributed by atoms with van der Waals surface area (Å²) in [6.45, 7) is 12.8. The molecule has 0 aliphatic heterocycles. The van der Waals surface area contributed by atoms with Crippen molar-refractivity contribution in [3.8, 4) is 0 Å². The Hall–Kier alpha value is -1.05. The van der Waals surface area contributed by atoms with Gasteiger partial charge in [-0.05, 0) is 37.0 Å². The van der Waals surface area contributed by atoms with Crippen molar-refractivity contribution in [3.63, 3.8) is 0 Å². The number of rotatable bonds is 6. The molecule has 0 saturated heterocycles. The first kappa shape index (κ1) is 15.0. The van der Waals surface area contributed by atoms with Crippen molar-refractivity contribution in [1.29, 1.82) is 0 Å². The van der Waals surface area contributed by atoms with Crippen molar-refractivity contribution in [2.45, 2.75) is 53.4 Å². The van der Waals surface area contributed by atoms with E-state index < -0.39 is 5.97 Å². The normalized spacial score (nSPS) is 23.6. The van der Waals surface area contributed by atoms with Gasteiger partial charge in [0.1, 0.15) is 0 Å². The average molecular weight is 250 g/mol. The molecule has 0 bridgehead atoms. The van der Waals surface area contributed by atoms with Gasteiger partial charge in [0, 0.05) is 0 Å². The van der Waals surface area contributed by atoms with Gasteiger partial charge in [-0.3, -0.25) is 4.79 Å². The number of carbonyl (C=O) groups is 1. The van der Waals surface area contributed by atoms with Crippen LogP contribution in [0.5, 0.6) is 0 Å². The van der Waals surface area contributed by atoms with Gasteiger partial charge < -0.3 is 5.11 Å². The van der Waals surface area contributed by atoms with Gasteiger partial charge in [-0.15, -0.1) is 0 Å². The number of hydrogen-bond acceptors (Lipinski definition) is 1. The molecule has 1 rings (SSSR count). The Kier molecular flexibility index (Phi) is 4.78. The predicted octanol–water partition coefficient (Wildman–Crippen LogP) is 4.43. The first-order chi connectivity index (χ1) is 8.34. The molecule has 0 amide bonds. The highest BCUT2D eigenvalue weighted by Gasteiger charge is 2.38. The maximum absolute atomic E-state index is 11.1. The highest BCUT2D eigenvalue weighted by atomic mass is 16.4. The minimum Gasteiger partial charge on any atom is -0.481 e. The average Bonchev–Trinajstić information content (AvgIpc) is 2.59. The van der Waals surface area contributed by atoms with Crippen LogP contribution in [0.4, 0.5) is 0 Å². The molecule has 18 heavy (non-hydrogen) atoms. The molecule has 1 aliphatic carbocycles. The number of aliphatic carboxylic acids is 1. The van der Waals surface area contributed by atoms with Gasteiger partial charge in [-0.2, -0.15) is 0 Å². The third-order valence-electron chi connectivity index (χ3n) is 4.52. The third-order valence-corrected chi connectivity index (χ3v) is 4.52. The number of carboxylic acid groups (broad SMARTS) is 1. The molecule has 2 heteroatoms. The van der Waals surface area contributed by atoms with Gasteiger partial charge in [-0.1, -0.05) is 51.5 Å². The molecule has 0 aromatic heterocycles. The van der Waals surface area contributed by atoms with Crippen molar-refractivity contribution >= 4 is 5.97 Å². The highest BCUT2D eigenvalue weighted by Crippen LogP contribution is 2.48. The molecule has 0 radical (unpaired) electrons. The minimum absolute atomic E-state index is 0.141. The minimum atomic E-state index is -0.696. The molecule has 1 N–H and O–H groups in total. The summed E-state index contributed by atoms with van der Waals surface area (Å²) < 4.78 is 0. The second-order valence-electron chi connectivity index (χ2n) is 5.90. The summed E-state index contributed by atoms with van der Waals surface area (Å²) >= 11 is 0. The zero-order valence-corrected chi connectivity index (χ0v) is 12.1.